The Balaban J connectivity index is 2.25. The predicted molar refractivity (Wildman–Crippen MR) is 81.5 cm³/mol. The summed E-state index contributed by atoms with van der Waals surface area (Å²) in [5, 5.41) is 5.06. The van der Waals surface area contributed by atoms with E-state index in [4.69, 9.17) is 11.6 Å². The number of nitrogens with zero attached hydrogens (tertiary/aromatic N) is 2. The summed E-state index contributed by atoms with van der Waals surface area (Å²) in [7, 11) is 0. The molecule has 0 aliphatic heterocycles. The molecule has 20 heavy (non-hydrogen) atoms. The molecule has 4 heteroatoms. The summed E-state index contributed by atoms with van der Waals surface area (Å²) in [5.74, 6) is 0.0600. The van der Waals surface area contributed by atoms with Gasteiger partial charge in [-0.25, -0.2) is 0 Å². The maximum Gasteiger partial charge on any atom is 0.185 e. The summed E-state index contributed by atoms with van der Waals surface area (Å²) in [6.07, 6.45) is 1.15. The predicted octanol–water partition coefficient (Wildman–Crippen LogP) is 3.85. The van der Waals surface area contributed by atoms with Gasteiger partial charge in [-0.15, -0.1) is 0 Å². The topological polar surface area (TPSA) is 34.9 Å². The first-order valence-corrected chi connectivity index (χ1v) is 7.27. The third-order valence-electron chi connectivity index (χ3n) is 3.34. The number of aryl methyl sites for hydroxylation is 3. The van der Waals surface area contributed by atoms with Crippen molar-refractivity contribution in [1.29, 1.82) is 0 Å². The number of hydrogen-bond donors (Lipinski definition) is 0. The SMILES string of the molecule is CCc1cc(C(=O)Cc2ccc(C)cc2Cl)n(CC)n1. The minimum atomic E-state index is 0.0600. The van der Waals surface area contributed by atoms with Crippen LogP contribution in [0.25, 0.3) is 0 Å². The lowest BCUT2D eigenvalue weighted by molar-refractivity contribution is 0.0983. The zero-order valence-corrected chi connectivity index (χ0v) is 12.9. The van der Waals surface area contributed by atoms with E-state index in [9.17, 15) is 4.79 Å². The van der Waals surface area contributed by atoms with Gasteiger partial charge in [-0.05, 0) is 43.5 Å². The van der Waals surface area contributed by atoms with Gasteiger partial charge in [0, 0.05) is 18.0 Å². The zero-order valence-electron chi connectivity index (χ0n) is 12.1. The molecular weight excluding hydrogens is 272 g/mol. The van der Waals surface area contributed by atoms with Crippen LogP contribution in [0.5, 0.6) is 0 Å². The van der Waals surface area contributed by atoms with Crippen molar-refractivity contribution in [2.45, 2.75) is 40.2 Å². The molecule has 1 aromatic heterocycles. The second-order valence-corrected chi connectivity index (χ2v) is 5.29. The van der Waals surface area contributed by atoms with Crippen LogP contribution in [-0.2, 0) is 19.4 Å². The van der Waals surface area contributed by atoms with Crippen LogP contribution in [0.4, 0.5) is 0 Å². The Morgan fingerprint density at radius 1 is 1.30 bits per heavy atom. The van der Waals surface area contributed by atoms with Crippen LogP contribution in [0.15, 0.2) is 24.3 Å². The van der Waals surface area contributed by atoms with Crippen LogP contribution < -0.4 is 0 Å². The maximum absolute atomic E-state index is 12.4. The van der Waals surface area contributed by atoms with E-state index in [2.05, 4.69) is 5.10 Å². The fraction of sp³-hybridized carbons (Fsp3) is 0.375. The Bertz CT molecular complexity index is 631. The lowest BCUT2D eigenvalue weighted by atomic mass is 10.0. The summed E-state index contributed by atoms with van der Waals surface area (Å²) < 4.78 is 1.77. The Morgan fingerprint density at radius 3 is 2.65 bits per heavy atom. The number of rotatable bonds is 5. The lowest BCUT2D eigenvalue weighted by Crippen LogP contribution is -2.12. The van der Waals surface area contributed by atoms with E-state index in [0.29, 0.717) is 23.7 Å². The summed E-state index contributed by atoms with van der Waals surface area (Å²) >= 11 is 6.19. The van der Waals surface area contributed by atoms with Crippen molar-refractivity contribution in [2.75, 3.05) is 0 Å². The number of Topliss-reactive ketones (excluding diaryl/α,β-unsaturated/α-hetero) is 1. The number of benzene rings is 1. The summed E-state index contributed by atoms with van der Waals surface area (Å²) in [6, 6.07) is 7.67. The van der Waals surface area contributed by atoms with Crippen LogP contribution in [0.3, 0.4) is 0 Å². The summed E-state index contributed by atoms with van der Waals surface area (Å²) in [6.45, 7) is 6.70. The standard InChI is InChI=1S/C16H19ClN2O/c1-4-13-10-15(19(5-2)18-13)16(20)9-12-7-6-11(3)8-14(12)17/h6-8,10H,4-5,9H2,1-3H3. The highest BCUT2D eigenvalue weighted by atomic mass is 35.5. The zero-order chi connectivity index (χ0) is 14.7. The van der Waals surface area contributed by atoms with Crippen LogP contribution in [0.1, 0.15) is 41.2 Å². The highest BCUT2D eigenvalue weighted by Gasteiger charge is 2.15. The van der Waals surface area contributed by atoms with Crippen molar-refractivity contribution in [3.8, 4) is 0 Å². The molecule has 0 saturated carbocycles. The summed E-state index contributed by atoms with van der Waals surface area (Å²) in [5.41, 5.74) is 3.58. The number of carbonyl (C=O) groups excluding carboxylic acids is 1. The van der Waals surface area contributed by atoms with Crippen LogP contribution in [-0.4, -0.2) is 15.6 Å². The van der Waals surface area contributed by atoms with E-state index < -0.39 is 0 Å². The highest BCUT2D eigenvalue weighted by Crippen LogP contribution is 2.20. The Hall–Kier alpha value is -1.61. The second-order valence-electron chi connectivity index (χ2n) is 4.89. The molecule has 0 radical (unpaired) electrons. The molecule has 0 saturated heterocycles. The van der Waals surface area contributed by atoms with Crippen molar-refractivity contribution in [1.82, 2.24) is 9.78 Å². The number of hydrogen-bond acceptors (Lipinski definition) is 2. The third kappa shape index (κ3) is 3.10. The van der Waals surface area contributed by atoms with E-state index >= 15 is 0 Å². The van der Waals surface area contributed by atoms with E-state index in [0.717, 1.165) is 23.2 Å². The average molecular weight is 291 g/mol. The van der Waals surface area contributed by atoms with Crippen molar-refractivity contribution in [2.24, 2.45) is 0 Å². The van der Waals surface area contributed by atoms with Crippen LogP contribution >= 0.6 is 11.6 Å². The van der Waals surface area contributed by atoms with E-state index in [1.165, 1.54) is 0 Å². The molecule has 0 aliphatic carbocycles. The highest BCUT2D eigenvalue weighted by molar-refractivity contribution is 6.31. The monoisotopic (exact) mass is 290 g/mol. The Kier molecular flexibility index (Phi) is 4.61. The van der Waals surface area contributed by atoms with Gasteiger partial charge in [0.1, 0.15) is 5.69 Å². The van der Waals surface area contributed by atoms with E-state index in [1.807, 2.05) is 45.0 Å². The number of carbonyl (C=O) groups is 1. The molecule has 0 spiro atoms. The van der Waals surface area contributed by atoms with Crippen molar-refractivity contribution in [3.05, 3.63) is 51.8 Å². The van der Waals surface area contributed by atoms with Gasteiger partial charge < -0.3 is 0 Å². The molecule has 0 N–H and O–H groups in total. The minimum Gasteiger partial charge on any atom is -0.292 e. The van der Waals surface area contributed by atoms with Gasteiger partial charge in [0.15, 0.2) is 5.78 Å². The minimum absolute atomic E-state index is 0.0600. The third-order valence-corrected chi connectivity index (χ3v) is 3.69. The van der Waals surface area contributed by atoms with Crippen molar-refractivity contribution < 1.29 is 4.79 Å². The Morgan fingerprint density at radius 2 is 2.05 bits per heavy atom. The second kappa shape index (κ2) is 6.23. The molecule has 3 nitrogen and oxygen atoms in total. The molecule has 0 bridgehead atoms. The smallest absolute Gasteiger partial charge is 0.185 e. The van der Waals surface area contributed by atoms with Crippen molar-refractivity contribution in [3.63, 3.8) is 0 Å². The van der Waals surface area contributed by atoms with Gasteiger partial charge in [-0.2, -0.15) is 5.10 Å². The molecule has 1 aromatic carbocycles. The first kappa shape index (κ1) is 14.8. The molecule has 2 aromatic rings. The number of aromatic nitrogens is 2. The van der Waals surface area contributed by atoms with Gasteiger partial charge >= 0.3 is 0 Å². The van der Waals surface area contributed by atoms with Gasteiger partial charge in [-0.1, -0.05) is 30.7 Å². The number of ketones is 1. The van der Waals surface area contributed by atoms with Crippen molar-refractivity contribution >= 4 is 17.4 Å². The largest absolute Gasteiger partial charge is 0.292 e. The van der Waals surface area contributed by atoms with Crippen LogP contribution in [0, 0.1) is 6.92 Å². The molecule has 106 valence electrons. The lowest BCUT2D eigenvalue weighted by Gasteiger charge is -2.06. The quantitative estimate of drug-likeness (QED) is 0.784. The summed E-state index contributed by atoms with van der Waals surface area (Å²) in [4.78, 5) is 12.4. The van der Waals surface area contributed by atoms with Crippen LogP contribution in [0.2, 0.25) is 5.02 Å². The average Bonchev–Trinajstić information content (AvgIpc) is 2.85. The molecule has 1 heterocycles. The van der Waals surface area contributed by atoms with Gasteiger partial charge in [0.25, 0.3) is 0 Å². The molecule has 0 atom stereocenters. The molecule has 0 unspecified atom stereocenters. The van der Waals surface area contributed by atoms with Gasteiger partial charge in [0.2, 0.25) is 0 Å². The van der Waals surface area contributed by atoms with Gasteiger partial charge in [0.05, 0.1) is 5.69 Å². The fourth-order valence-corrected chi connectivity index (χ4v) is 2.47. The first-order valence-electron chi connectivity index (χ1n) is 6.90. The maximum atomic E-state index is 12.4. The Labute approximate surface area is 124 Å². The fourth-order valence-electron chi connectivity index (χ4n) is 2.17. The molecule has 0 aliphatic rings. The van der Waals surface area contributed by atoms with E-state index in [1.54, 1.807) is 4.68 Å². The normalized spacial score (nSPS) is 10.8. The molecule has 0 amide bonds. The first-order chi connectivity index (χ1) is 9.55. The van der Waals surface area contributed by atoms with Gasteiger partial charge in [-0.3, -0.25) is 9.48 Å². The van der Waals surface area contributed by atoms with E-state index in [-0.39, 0.29) is 5.78 Å². The molecular formula is C16H19ClN2O. The molecule has 0 fully saturated rings. The molecule has 2 rings (SSSR count). The number of halogens is 1.